The first-order valence-corrected chi connectivity index (χ1v) is 10.6. The monoisotopic (exact) mass is 446 g/mol. The summed E-state index contributed by atoms with van der Waals surface area (Å²) < 4.78 is 10.1. The number of nitrogens with zero attached hydrogens (tertiary/aromatic N) is 2. The van der Waals surface area contributed by atoms with Crippen LogP contribution in [-0.2, 0) is 19.1 Å². The third-order valence-corrected chi connectivity index (χ3v) is 6.51. The number of imide groups is 1. The van der Waals surface area contributed by atoms with Crippen molar-refractivity contribution < 1.29 is 28.7 Å². The largest absolute Gasteiger partial charge is 0.497 e. The predicted molar refractivity (Wildman–Crippen MR) is 116 cm³/mol. The molecule has 2 heterocycles. The average molecular weight is 447 g/mol. The Bertz CT molecular complexity index is 904. The Morgan fingerprint density at radius 3 is 2.34 bits per heavy atom. The van der Waals surface area contributed by atoms with Gasteiger partial charge in [-0.1, -0.05) is 6.92 Å². The highest BCUT2D eigenvalue weighted by atomic mass is 16.5. The zero-order valence-corrected chi connectivity index (χ0v) is 19.0. The third kappa shape index (κ3) is 3.79. The first-order valence-electron chi connectivity index (χ1n) is 10.6. The molecule has 0 aromatic heterocycles. The summed E-state index contributed by atoms with van der Waals surface area (Å²) in [5, 5.41) is 6.03. The first-order chi connectivity index (χ1) is 15.2. The van der Waals surface area contributed by atoms with Gasteiger partial charge in [0, 0.05) is 31.9 Å². The van der Waals surface area contributed by atoms with E-state index in [2.05, 4.69) is 10.6 Å². The molecule has 2 aliphatic heterocycles. The summed E-state index contributed by atoms with van der Waals surface area (Å²) in [6.45, 7) is 4.10. The molecule has 0 radical (unpaired) electrons. The molecule has 0 aliphatic carbocycles. The van der Waals surface area contributed by atoms with E-state index in [1.54, 1.807) is 38.3 Å². The van der Waals surface area contributed by atoms with Crippen molar-refractivity contribution in [1.82, 2.24) is 15.1 Å². The number of esters is 1. The Hall–Kier alpha value is -3.14. The zero-order valence-electron chi connectivity index (χ0n) is 19.0. The number of nitrogens with one attached hydrogen (secondary N) is 2. The Balaban J connectivity index is 1.83. The number of amides is 4. The molecule has 174 valence electrons. The number of likely N-dealkylation sites (tertiary alicyclic amines) is 1. The number of carbonyl (C=O) groups excluding carboxylic acids is 4. The van der Waals surface area contributed by atoms with Crippen molar-refractivity contribution in [1.29, 1.82) is 0 Å². The molecule has 2 aliphatic rings. The fourth-order valence-corrected chi connectivity index (χ4v) is 4.73. The summed E-state index contributed by atoms with van der Waals surface area (Å²) in [6.07, 6.45) is 0.272. The lowest BCUT2D eigenvalue weighted by Gasteiger charge is -2.32. The van der Waals surface area contributed by atoms with Crippen LogP contribution in [0.1, 0.15) is 20.3 Å². The lowest BCUT2D eigenvalue weighted by Crippen LogP contribution is -2.58. The zero-order chi connectivity index (χ0) is 23.6. The molecule has 0 bridgehead atoms. The Morgan fingerprint density at radius 1 is 1.16 bits per heavy atom. The number of hydrogen-bond donors (Lipinski definition) is 2. The van der Waals surface area contributed by atoms with E-state index in [1.165, 1.54) is 19.1 Å². The molecule has 1 aromatic rings. The lowest BCUT2D eigenvalue weighted by molar-refractivity contribution is -0.154. The van der Waals surface area contributed by atoms with Gasteiger partial charge in [-0.05, 0) is 37.6 Å². The van der Waals surface area contributed by atoms with Crippen LogP contribution >= 0.6 is 0 Å². The molecule has 1 aromatic carbocycles. The van der Waals surface area contributed by atoms with Crippen molar-refractivity contribution in [3.8, 4) is 5.75 Å². The van der Waals surface area contributed by atoms with Crippen molar-refractivity contribution in [2.24, 2.45) is 11.8 Å². The van der Waals surface area contributed by atoms with Gasteiger partial charge < -0.3 is 19.7 Å². The van der Waals surface area contributed by atoms with Gasteiger partial charge in [-0.2, -0.15) is 0 Å². The molecule has 4 amide bonds. The van der Waals surface area contributed by atoms with Crippen LogP contribution < -0.4 is 15.4 Å². The van der Waals surface area contributed by atoms with Gasteiger partial charge in [-0.15, -0.1) is 0 Å². The Kier molecular flexibility index (Phi) is 6.73. The van der Waals surface area contributed by atoms with Crippen LogP contribution in [0.2, 0.25) is 0 Å². The molecule has 2 saturated heterocycles. The molecule has 4 atom stereocenters. The highest BCUT2D eigenvalue weighted by Gasteiger charge is 2.67. The normalized spacial score (nSPS) is 26.7. The summed E-state index contributed by atoms with van der Waals surface area (Å²) in [4.78, 5) is 54.0. The fourth-order valence-electron chi connectivity index (χ4n) is 4.73. The number of carbonyl (C=O) groups is 4. The van der Waals surface area contributed by atoms with Crippen LogP contribution in [0.3, 0.4) is 0 Å². The average Bonchev–Trinajstić information content (AvgIpc) is 3.26. The van der Waals surface area contributed by atoms with Crippen LogP contribution in [0.25, 0.3) is 0 Å². The van der Waals surface area contributed by atoms with Gasteiger partial charge in [0.1, 0.15) is 11.3 Å². The molecule has 0 unspecified atom stereocenters. The Morgan fingerprint density at radius 2 is 1.81 bits per heavy atom. The van der Waals surface area contributed by atoms with Crippen LogP contribution in [0.15, 0.2) is 24.3 Å². The van der Waals surface area contributed by atoms with Crippen molar-refractivity contribution in [2.45, 2.75) is 31.8 Å². The van der Waals surface area contributed by atoms with Crippen LogP contribution in [-0.4, -0.2) is 79.6 Å². The summed E-state index contributed by atoms with van der Waals surface area (Å²) in [6, 6.07) is 5.98. The molecule has 2 N–H and O–H groups in total. The molecule has 2 fully saturated rings. The second-order valence-corrected chi connectivity index (χ2v) is 8.00. The lowest BCUT2D eigenvalue weighted by atomic mass is 9.78. The fraction of sp³-hybridized carbons (Fsp3) is 0.545. The van der Waals surface area contributed by atoms with Crippen LogP contribution in [0.5, 0.6) is 5.75 Å². The van der Waals surface area contributed by atoms with Gasteiger partial charge in [0.2, 0.25) is 11.8 Å². The van der Waals surface area contributed by atoms with Crippen molar-refractivity contribution in [2.75, 3.05) is 39.7 Å². The molecule has 10 nitrogen and oxygen atoms in total. The summed E-state index contributed by atoms with van der Waals surface area (Å²) in [7, 11) is 4.24. The van der Waals surface area contributed by atoms with Crippen LogP contribution in [0.4, 0.5) is 10.5 Å². The van der Waals surface area contributed by atoms with Gasteiger partial charge in [0.15, 0.2) is 0 Å². The molecular formula is C22H30N4O6. The maximum absolute atomic E-state index is 12.9. The Labute approximate surface area is 187 Å². The summed E-state index contributed by atoms with van der Waals surface area (Å²) in [5.74, 6) is -2.31. The topological polar surface area (TPSA) is 117 Å². The number of urea groups is 1. The minimum absolute atomic E-state index is 0.144. The van der Waals surface area contributed by atoms with Crippen molar-refractivity contribution in [3.05, 3.63) is 24.3 Å². The van der Waals surface area contributed by atoms with E-state index in [1.807, 2.05) is 6.92 Å². The van der Waals surface area contributed by atoms with Crippen LogP contribution in [0, 0.1) is 11.8 Å². The van der Waals surface area contributed by atoms with Gasteiger partial charge in [0.05, 0.1) is 26.1 Å². The van der Waals surface area contributed by atoms with E-state index < -0.39 is 35.3 Å². The van der Waals surface area contributed by atoms with E-state index in [0.717, 1.165) is 4.90 Å². The molecule has 3 rings (SSSR count). The van der Waals surface area contributed by atoms with E-state index in [9.17, 15) is 19.2 Å². The quantitative estimate of drug-likeness (QED) is 0.475. The number of hydrogen-bond acceptors (Lipinski definition) is 7. The highest BCUT2D eigenvalue weighted by Crippen LogP contribution is 2.44. The number of likely N-dealkylation sites (N-methyl/N-ethyl adjacent to an activating group) is 1. The second-order valence-electron chi connectivity index (χ2n) is 8.00. The molecule has 0 spiro atoms. The van der Waals surface area contributed by atoms with E-state index >= 15 is 0 Å². The summed E-state index contributed by atoms with van der Waals surface area (Å²) in [5.41, 5.74) is -0.719. The number of ether oxygens (including phenoxy) is 2. The van der Waals surface area contributed by atoms with E-state index in [4.69, 9.17) is 9.47 Å². The van der Waals surface area contributed by atoms with Gasteiger partial charge >= 0.3 is 12.0 Å². The first kappa shape index (κ1) is 23.5. The SMILES string of the molecule is CCN(C[C@H]1N[C@@](CC)(C(=O)OC)[C@H]2C(=O)N(C)C(=O)[C@@H]12)C(=O)Nc1ccc(OC)cc1. The second kappa shape index (κ2) is 9.15. The van der Waals surface area contributed by atoms with E-state index in [0.29, 0.717) is 18.0 Å². The van der Waals surface area contributed by atoms with E-state index in [-0.39, 0.29) is 24.9 Å². The minimum atomic E-state index is -1.31. The van der Waals surface area contributed by atoms with Gasteiger partial charge in [-0.3, -0.25) is 24.6 Å². The predicted octanol–water partition coefficient (Wildman–Crippen LogP) is 1.07. The standard InChI is InChI=1S/C22H30N4O6/c1-6-22(20(29)32-5)17-16(18(27)25(3)19(17)28)15(24-22)12-26(7-2)21(30)23-13-8-10-14(31-4)11-9-13/h8-11,15-17,24H,6-7,12H2,1-5H3,(H,23,30)/t15-,16+,17-,22-/m1/s1. The number of fused-ring (bicyclic) bond motifs is 1. The third-order valence-electron chi connectivity index (χ3n) is 6.51. The molecule has 32 heavy (non-hydrogen) atoms. The van der Waals surface area contributed by atoms with Gasteiger partial charge in [0.25, 0.3) is 0 Å². The summed E-state index contributed by atoms with van der Waals surface area (Å²) >= 11 is 0. The van der Waals surface area contributed by atoms with Crippen molar-refractivity contribution in [3.63, 3.8) is 0 Å². The minimum Gasteiger partial charge on any atom is -0.497 e. The maximum atomic E-state index is 12.9. The number of anilines is 1. The number of benzene rings is 1. The van der Waals surface area contributed by atoms with Crippen molar-refractivity contribution >= 4 is 29.5 Å². The molecular weight excluding hydrogens is 416 g/mol. The highest BCUT2D eigenvalue weighted by molar-refractivity contribution is 6.09. The molecule has 10 heteroatoms. The number of methoxy groups -OCH3 is 2. The smallest absolute Gasteiger partial charge is 0.326 e. The molecule has 0 saturated carbocycles. The maximum Gasteiger partial charge on any atom is 0.326 e. The van der Waals surface area contributed by atoms with Gasteiger partial charge in [-0.25, -0.2) is 4.79 Å². The number of rotatable bonds is 7.